The van der Waals surface area contributed by atoms with Gasteiger partial charge in [-0.15, -0.1) is 0 Å². The average molecular weight is 183 g/mol. The molecule has 1 saturated heterocycles. The van der Waals surface area contributed by atoms with E-state index < -0.39 is 5.97 Å². The van der Waals surface area contributed by atoms with Gasteiger partial charge in [-0.2, -0.15) is 0 Å². The fraction of sp³-hybridized carbons (Fsp3) is 0.900. The van der Waals surface area contributed by atoms with Crippen molar-refractivity contribution in [2.24, 2.45) is 11.3 Å². The van der Waals surface area contributed by atoms with Crippen molar-refractivity contribution in [3.8, 4) is 0 Å². The molecule has 1 aliphatic carbocycles. The highest BCUT2D eigenvalue weighted by atomic mass is 16.4. The van der Waals surface area contributed by atoms with Crippen LogP contribution in [0, 0.1) is 11.3 Å². The fourth-order valence-electron chi connectivity index (χ4n) is 2.61. The van der Waals surface area contributed by atoms with Crippen LogP contribution >= 0.6 is 0 Å². The maximum absolute atomic E-state index is 10.5. The van der Waals surface area contributed by atoms with Gasteiger partial charge < -0.3 is 10.0 Å². The molecule has 13 heavy (non-hydrogen) atoms. The van der Waals surface area contributed by atoms with E-state index in [0.29, 0.717) is 17.8 Å². The minimum atomic E-state index is -0.624. The third-order valence-electron chi connectivity index (χ3n) is 3.76. The van der Waals surface area contributed by atoms with Crippen LogP contribution in [0.4, 0.5) is 0 Å². The maximum Gasteiger partial charge on any atom is 0.303 e. The summed E-state index contributed by atoms with van der Waals surface area (Å²) in [5.41, 5.74) is 0.435. The molecule has 0 aromatic heterocycles. The van der Waals surface area contributed by atoms with Crippen LogP contribution in [0.15, 0.2) is 0 Å². The molecule has 0 amide bonds. The van der Waals surface area contributed by atoms with E-state index in [1.807, 2.05) is 0 Å². The van der Waals surface area contributed by atoms with E-state index >= 15 is 0 Å². The number of hydrogen-bond donors (Lipinski definition) is 1. The molecule has 0 aromatic rings. The lowest BCUT2D eigenvalue weighted by Crippen LogP contribution is -2.32. The zero-order chi connectivity index (χ0) is 9.47. The van der Waals surface area contributed by atoms with Crippen LogP contribution in [-0.4, -0.2) is 36.1 Å². The minimum absolute atomic E-state index is 0.393. The largest absolute Gasteiger partial charge is 0.481 e. The van der Waals surface area contributed by atoms with Gasteiger partial charge in [-0.05, 0) is 50.7 Å². The molecule has 1 unspecified atom stereocenters. The van der Waals surface area contributed by atoms with Gasteiger partial charge in [0.05, 0.1) is 0 Å². The molecule has 3 nitrogen and oxygen atoms in total. The topological polar surface area (TPSA) is 40.5 Å². The molecular formula is C10H17NO2. The van der Waals surface area contributed by atoms with E-state index in [9.17, 15) is 4.79 Å². The van der Waals surface area contributed by atoms with Gasteiger partial charge in [-0.3, -0.25) is 4.79 Å². The zero-order valence-electron chi connectivity index (χ0n) is 8.12. The first-order valence-electron chi connectivity index (χ1n) is 5.03. The Balaban J connectivity index is 1.85. The molecule has 0 bridgehead atoms. The predicted molar refractivity (Wildman–Crippen MR) is 49.5 cm³/mol. The number of carboxylic acids is 1. The van der Waals surface area contributed by atoms with Crippen LogP contribution in [0.25, 0.3) is 0 Å². The number of hydrogen-bond acceptors (Lipinski definition) is 2. The molecule has 1 N–H and O–H groups in total. The smallest absolute Gasteiger partial charge is 0.303 e. The summed E-state index contributed by atoms with van der Waals surface area (Å²) in [7, 11) is 2.14. The van der Waals surface area contributed by atoms with Crippen molar-refractivity contribution in [2.75, 3.05) is 20.1 Å². The lowest BCUT2D eigenvalue weighted by Gasteiger charge is -2.29. The predicted octanol–water partition coefficient (Wildman–Crippen LogP) is 1.19. The van der Waals surface area contributed by atoms with Crippen LogP contribution in [0.1, 0.15) is 25.7 Å². The van der Waals surface area contributed by atoms with Crippen LogP contribution in [-0.2, 0) is 4.79 Å². The number of carbonyl (C=O) groups is 1. The summed E-state index contributed by atoms with van der Waals surface area (Å²) in [5.74, 6) is -0.139. The van der Waals surface area contributed by atoms with Crippen LogP contribution < -0.4 is 0 Å². The molecule has 1 spiro atoms. The second kappa shape index (κ2) is 2.98. The first kappa shape index (κ1) is 9.00. The van der Waals surface area contributed by atoms with Gasteiger partial charge in [0, 0.05) is 6.42 Å². The highest BCUT2D eigenvalue weighted by Crippen LogP contribution is 2.60. The first-order valence-corrected chi connectivity index (χ1v) is 5.03. The van der Waals surface area contributed by atoms with Gasteiger partial charge >= 0.3 is 5.97 Å². The summed E-state index contributed by atoms with van der Waals surface area (Å²) in [6, 6.07) is 0. The van der Waals surface area contributed by atoms with Crippen molar-refractivity contribution in [3.63, 3.8) is 0 Å². The van der Waals surface area contributed by atoms with Gasteiger partial charge in [-0.25, -0.2) is 0 Å². The lowest BCUT2D eigenvalue weighted by atomic mass is 9.90. The number of likely N-dealkylation sites (tertiary alicyclic amines) is 1. The zero-order valence-corrected chi connectivity index (χ0v) is 8.12. The van der Waals surface area contributed by atoms with Crippen molar-refractivity contribution in [3.05, 3.63) is 0 Å². The van der Waals surface area contributed by atoms with Crippen LogP contribution in [0.3, 0.4) is 0 Å². The summed E-state index contributed by atoms with van der Waals surface area (Å²) in [5, 5.41) is 8.68. The van der Waals surface area contributed by atoms with Crippen LogP contribution in [0.2, 0.25) is 0 Å². The number of aliphatic carboxylic acids is 1. The molecule has 74 valence electrons. The van der Waals surface area contributed by atoms with Crippen molar-refractivity contribution in [1.29, 1.82) is 0 Å². The Bertz CT molecular complexity index is 219. The van der Waals surface area contributed by atoms with Crippen LogP contribution in [0.5, 0.6) is 0 Å². The van der Waals surface area contributed by atoms with E-state index in [0.717, 1.165) is 19.5 Å². The van der Waals surface area contributed by atoms with Crippen molar-refractivity contribution >= 4 is 5.97 Å². The third kappa shape index (κ3) is 1.70. The average Bonchev–Trinajstić information content (AvgIpc) is 2.70. The van der Waals surface area contributed by atoms with E-state index in [2.05, 4.69) is 11.9 Å². The van der Waals surface area contributed by atoms with Gasteiger partial charge in [0.15, 0.2) is 0 Å². The number of carboxylic acid groups (broad SMARTS) is 1. The fourth-order valence-corrected chi connectivity index (χ4v) is 2.61. The first-order chi connectivity index (χ1) is 6.12. The number of piperidine rings is 1. The Morgan fingerprint density at radius 1 is 1.54 bits per heavy atom. The summed E-state index contributed by atoms with van der Waals surface area (Å²) in [6.45, 7) is 2.30. The molecule has 0 radical (unpaired) electrons. The monoisotopic (exact) mass is 183 g/mol. The van der Waals surface area contributed by atoms with Gasteiger partial charge in [0.1, 0.15) is 0 Å². The van der Waals surface area contributed by atoms with Crippen molar-refractivity contribution < 1.29 is 9.90 Å². The highest BCUT2D eigenvalue weighted by Gasteiger charge is 2.54. The summed E-state index contributed by atoms with van der Waals surface area (Å²) < 4.78 is 0. The third-order valence-corrected chi connectivity index (χ3v) is 3.76. The standard InChI is InChI=1S/C10H17NO2/c1-11-4-2-10(3-5-11)7-8(10)6-9(12)13/h8H,2-7H2,1H3,(H,12,13). The Kier molecular flexibility index (Phi) is 2.06. The number of rotatable bonds is 2. The molecular weight excluding hydrogens is 166 g/mol. The molecule has 2 fully saturated rings. The Hall–Kier alpha value is -0.570. The molecule has 0 aromatic carbocycles. The molecule has 1 heterocycles. The minimum Gasteiger partial charge on any atom is -0.481 e. The van der Waals surface area contributed by atoms with Crippen molar-refractivity contribution in [1.82, 2.24) is 4.90 Å². The second-order valence-electron chi connectivity index (χ2n) is 4.66. The SMILES string of the molecule is CN1CCC2(CC1)CC2CC(=O)O. The summed E-state index contributed by atoms with van der Waals surface area (Å²) in [6.07, 6.45) is 3.97. The van der Waals surface area contributed by atoms with Gasteiger partial charge in [-0.1, -0.05) is 0 Å². The molecule has 2 aliphatic rings. The molecule has 1 atom stereocenters. The Labute approximate surface area is 78.7 Å². The Morgan fingerprint density at radius 3 is 2.69 bits per heavy atom. The van der Waals surface area contributed by atoms with E-state index in [4.69, 9.17) is 5.11 Å². The molecule has 1 saturated carbocycles. The molecule has 1 aliphatic heterocycles. The van der Waals surface area contributed by atoms with Crippen molar-refractivity contribution in [2.45, 2.75) is 25.7 Å². The van der Waals surface area contributed by atoms with Gasteiger partial charge in [0.25, 0.3) is 0 Å². The Morgan fingerprint density at radius 2 is 2.15 bits per heavy atom. The van der Waals surface area contributed by atoms with E-state index in [1.54, 1.807) is 0 Å². The molecule has 2 rings (SSSR count). The quantitative estimate of drug-likeness (QED) is 0.699. The lowest BCUT2D eigenvalue weighted by molar-refractivity contribution is -0.137. The molecule has 3 heteroatoms. The van der Waals surface area contributed by atoms with E-state index in [1.165, 1.54) is 12.8 Å². The number of nitrogens with zero attached hydrogens (tertiary/aromatic N) is 1. The highest BCUT2D eigenvalue weighted by molar-refractivity contribution is 5.67. The second-order valence-corrected chi connectivity index (χ2v) is 4.66. The summed E-state index contributed by atoms with van der Waals surface area (Å²) in [4.78, 5) is 12.9. The van der Waals surface area contributed by atoms with Gasteiger partial charge in [0.2, 0.25) is 0 Å². The summed E-state index contributed by atoms with van der Waals surface area (Å²) >= 11 is 0. The normalized spacial score (nSPS) is 31.9. The van der Waals surface area contributed by atoms with E-state index in [-0.39, 0.29) is 0 Å². The maximum atomic E-state index is 10.5.